The molecular formula is C21H16Cl2N2O3S. The van der Waals surface area contributed by atoms with Crippen molar-refractivity contribution in [1.82, 2.24) is 0 Å². The van der Waals surface area contributed by atoms with Crippen molar-refractivity contribution in [3.63, 3.8) is 0 Å². The Morgan fingerprint density at radius 3 is 2.48 bits per heavy atom. The van der Waals surface area contributed by atoms with E-state index in [2.05, 4.69) is 10.6 Å². The summed E-state index contributed by atoms with van der Waals surface area (Å²) in [7, 11) is 1.49. The summed E-state index contributed by atoms with van der Waals surface area (Å²) in [6, 6.07) is 13.7. The number of amides is 2. The van der Waals surface area contributed by atoms with Crippen molar-refractivity contribution in [2.75, 3.05) is 17.7 Å². The minimum absolute atomic E-state index is 0.201. The molecule has 0 aliphatic heterocycles. The summed E-state index contributed by atoms with van der Waals surface area (Å²) in [5.41, 5.74) is 1.70. The molecule has 1 aromatic heterocycles. The van der Waals surface area contributed by atoms with Crippen molar-refractivity contribution in [2.24, 2.45) is 0 Å². The van der Waals surface area contributed by atoms with Crippen LogP contribution in [0.5, 0.6) is 5.75 Å². The number of carbonyl (C=O) groups is 2. The Bertz CT molecular complexity index is 1070. The van der Waals surface area contributed by atoms with Gasteiger partial charge in [0.25, 0.3) is 5.91 Å². The third-order valence-corrected chi connectivity index (χ3v) is 5.16. The van der Waals surface area contributed by atoms with Gasteiger partial charge in [-0.1, -0.05) is 35.3 Å². The number of rotatable bonds is 6. The van der Waals surface area contributed by atoms with Gasteiger partial charge in [0.05, 0.1) is 17.0 Å². The number of hydrogen-bond donors (Lipinski definition) is 2. The van der Waals surface area contributed by atoms with Crippen LogP contribution in [0.4, 0.5) is 11.4 Å². The second-order valence-corrected chi connectivity index (χ2v) is 7.64. The lowest BCUT2D eigenvalue weighted by molar-refractivity contribution is -0.111. The summed E-state index contributed by atoms with van der Waals surface area (Å²) in [5, 5.41) is 8.17. The number of thiophene rings is 1. The highest BCUT2D eigenvalue weighted by molar-refractivity contribution is 7.12. The topological polar surface area (TPSA) is 67.4 Å². The number of benzene rings is 2. The van der Waals surface area contributed by atoms with Crippen molar-refractivity contribution in [3.05, 3.63) is 80.5 Å². The molecule has 0 saturated heterocycles. The van der Waals surface area contributed by atoms with E-state index in [1.807, 2.05) is 11.4 Å². The molecule has 0 aliphatic rings. The minimum Gasteiger partial charge on any atom is -0.495 e. The molecule has 29 heavy (non-hydrogen) atoms. The van der Waals surface area contributed by atoms with Gasteiger partial charge in [0.2, 0.25) is 5.91 Å². The van der Waals surface area contributed by atoms with Gasteiger partial charge in [-0.15, -0.1) is 11.3 Å². The molecule has 0 bridgehead atoms. The normalized spacial score (nSPS) is 10.7. The molecule has 3 rings (SSSR count). The van der Waals surface area contributed by atoms with Crippen LogP contribution in [0.25, 0.3) is 6.08 Å². The van der Waals surface area contributed by atoms with Gasteiger partial charge in [-0.2, -0.15) is 0 Å². The molecular weight excluding hydrogens is 431 g/mol. The van der Waals surface area contributed by atoms with Crippen LogP contribution in [0.15, 0.2) is 60.0 Å². The zero-order valence-corrected chi connectivity index (χ0v) is 17.6. The van der Waals surface area contributed by atoms with Crippen molar-refractivity contribution in [3.8, 4) is 5.75 Å². The Hall–Kier alpha value is -2.80. The molecule has 0 radical (unpaired) electrons. The van der Waals surface area contributed by atoms with E-state index >= 15 is 0 Å². The lowest BCUT2D eigenvalue weighted by Crippen LogP contribution is -2.11. The van der Waals surface area contributed by atoms with E-state index in [1.165, 1.54) is 24.5 Å². The third kappa shape index (κ3) is 5.60. The molecule has 8 heteroatoms. The van der Waals surface area contributed by atoms with Crippen LogP contribution in [0.3, 0.4) is 0 Å². The van der Waals surface area contributed by atoms with Gasteiger partial charge >= 0.3 is 0 Å². The minimum atomic E-state index is -0.357. The van der Waals surface area contributed by atoms with Gasteiger partial charge in [0.15, 0.2) is 0 Å². The Morgan fingerprint density at radius 2 is 1.79 bits per heavy atom. The maximum Gasteiger partial charge on any atom is 0.265 e. The molecule has 2 N–H and O–H groups in total. The van der Waals surface area contributed by atoms with Crippen LogP contribution < -0.4 is 15.4 Å². The predicted octanol–water partition coefficient (Wildman–Crippen LogP) is 5.97. The van der Waals surface area contributed by atoms with Crippen molar-refractivity contribution < 1.29 is 14.3 Å². The second-order valence-electron chi connectivity index (χ2n) is 5.84. The Morgan fingerprint density at radius 1 is 1.03 bits per heavy atom. The van der Waals surface area contributed by atoms with Gasteiger partial charge < -0.3 is 15.4 Å². The molecule has 2 aromatic carbocycles. The van der Waals surface area contributed by atoms with Crippen LogP contribution in [-0.4, -0.2) is 18.9 Å². The largest absolute Gasteiger partial charge is 0.495 e. The highest BCUT2D eigenvalue weighted by Gasteiger charge is 2.09. The summed E-state index contributed by atoms with van der Waals surface area (Å²) in [6.45, 7) is 0. The van der Waals surface area contributed by atoms with E-state index in [-0.39, 0.29) is 11.8 Å². The summed E-state index contributed by atoms with van der Waals surface area (Å²) in [5.74, 6) is -0.128. The second kappa shape index (κ2) is 9.60. The number of nitrogens with one attached hydrogen (secondary N) is 2. The molecule has 0 unspecified atom stereocenters. The van der Waals surface area contributed by atoms with Crippen molar-refractivity contribution in [1.29, 1.82) is 0 Å². The van der Waals surface area contributed by atoms with Gasteiger partial charge in [-0.3, -0.25) is 9.59 Å². The fraction of sp³-hybridized carbons (Fsp3) is 0.0476. The first-order valence-corrected chi connectivity index (χ1v) is 10.1. The molecule has 0 atom stereocenters. The molecule has 0 aliphatic carbocycles. The fourth-order valence-corrected chi connectivity index (χ4v) is 3.75. The van der Waals surface area contributed by atoms with Crippen LogP contribution in [0, 0.1) is 0 Å². The summed E-state index contributed by atoms with van der Waals surface area (Å²) in [4.78, 5) is 25.0. The van der Waals surface area contributed by atoms with Gasteiger partial charge in [0.1, 0.15) is 5.75 Å². The number of halogens is 2. The zero-order valence-electron chi connectivity index (χ0n) is 15.2. The number of ether oxygens (including phenoxy) is 1. The number of hydrogen-bond acceptors (Lipinski definition) is 4. The van der Waals surface area contributed by atoms with Crippen LogP contribution in [0.2, 0.25) is 10.0 Å². The molecule has 2 amide bonds. The molecule has 5 nitrogen and oxygen atoms in total. The summed E-state index contributed by atoms with van der Waals surface area (Å²) >= 11 is 13.5. The molecule has 0 spiro atoms. The van der Waals surface area contributed by atoms with Crippen LogP contribution in [0.1, 0.15) is 15.2 Å². The first-order valence-electron chi connectivity index (χ1n) is 8.43. The maximum absolute atomic E-state index is 12.3. The third-order valence-electron chi connectivity index (χ3n) is 3.79. The van der Waals surface area contributed by atoms with E-state index in [9.17, 15) is 9.59 Å². The number of carbonyl (C=O) groups excluding carboxylic acids is 2. The highest BCUT2D eigenvalue weighted by atomic mass is 35.5. The monoisotopic (exact) mass is 446 g/mol. The first-order chi connectivity index (χ1) is 14.0. The smallest absolute Gasteiger partial charge is 0.265 e. The van der Waals surface area contributed by atoms with E-state index < -0.39 is 0 Å². The summed E-state index contributed by atoms with van der Waals surface area (Å²) < 4.78 is 5.25. The number of methoxy groups -OCH3 is 1. The average Bonchev–Trinajstić information content (AvgIpc) is 3.21. The molecule has 148 valence electrons. The fourth-order valence-electron chi connectivity index (χ4n) is 2.54. The van der Waals surface area contributed by atoms with Crippen LogP contribution >= 0.6 is 34.5 Å². The number of anilines is 2. The highest BCUT2D eigenvalue weighted by Crippen LogP contribution is 2.33. The van der Waals surface area contributed by atoms with E-state index in [0.29, 0.717) is 37.6 Å². The van der Waals surface area contributed by atoms with Crippen molar-refractivity contribution >= 4 is 63.8 Å². The molecule has 1 heterocycles. The van der Waals surface area contributed by atoms with Crippen molar-refractivity contribution in [2.45, 2.75) is 0 Å². The van der Waals surface area contributed by atoms with E-state index in [0.717, 1.165) is 0 Å². The predicted molar refractivity (Wildman–Crippen MR) is 119 cm³/mol. The van der Waals surface area contributed by atoms with Crippen LogP contribution in [-0.2, 0) is 4.79 Å². The summed E-state index contributed by atoms with van der Waals surface area (Å²) in [6.07, 6.45) is 2.91. The maximum atomic E-state index is 12.3. The Balaban J connectivity index is 1.68. The van der Waals surface area contributed by atoms with Gasteiger partial charge in [-0.05, 0) is 47.9 Å². The standard InChI is InChI=1S/C21H16Cl2N2O3S/c1-28-20-13(10-14(22)11-17(20)23)7-8-19(26)24-15-4-2-5-16(12-15)25-21(27)18-6-3-9-29-18/h2-12H,1H3,(H,24,26)(H,25,27). The average molecular weight is 447 g/mol. The molecule has 0 fully saturated rings. The Kier molecular flexibility index (Phi) is 6.93. The first kappa shape index (κ1) is 20.9. The van der Waals surface area contributed by atoms with Gasteiger partial charge in [0, 0.05) is 28.0 Å². The zero-order chi connectivity index (χ0) is 20.8. The van der Waals surface area contributed by atoms with E-state index in [4.69, 9.17) is 27.9 Å². The molecule has 3 aromatic rings. The lowest BCUT2D eigenvalue weighted by Gasteiger charge is -2.08. The Labute approximate surface area is 181 Å². The quantitative estimate of drug-likeness (QED) is 0.458. The van der Waals surface area contributed by atoms with E-state index in [1.54, 1.807) is 48.5 Å². The van der Waals surface area contributed by atoms with Gasteiger partial charge in [-0.25, -0.2) is 0 Å². The lowest BCUT2D eigenvalue weighted by atomic mass is 10.2. The molecule has 0 saturated carbocycles. The SMILES string of the molecule is COc1c(Cl)cc(Cl)cc1C=CC(=O)Nc1cccc(NC(=O)c2cccs2)c1.